The molecule has 46 heavy (non-hydrogen) atoms. The third-order valence-corrected chi connectivity index (χ3v) is 9.81. The minimum absolute atomic E-state index is 0.0864. The summed E-state index contributed by atoms with van der Waals surface area (Å²) < 4.78 is 82.7. The summed E-state index contributed by atoms with van der Waals surface area (Å²) in [6, 6.07) is 21.8. The fourth-order valence-electron chi connectivity index (χ4n) is 3.15. The second kappa shape index (κ2) is 19.9. The van der Waals surface area contributed by atoms with Crippen molar-refractivity contribution in [3.05, 3.63) is 95.6 Å². The van der Waals surface area contributed by atoms with E-state index < -0.39 is 36.5 Å². The van der Waals surface area contributed by atoms with Gasteiger partial charge in [-0.3, -0.25) is 12.5 Å². The highest BCUT2D eigenvalue weighted by atomic mass is 32.2. The zero-order valence-corrected chi connectivity index (χ0v) is 30.1. The monoisotopic (exact) mass is 700 g/mol. The normalized spacial score (nSPS) is 13.7. The van der Waals surface area contributed by atoms with Gasteiger partial charge in [-0.2, -0.15) is 25.3 Å². The number of aliphatic hydroxyl groups is 1. The number of aryl methyl sites for hydroxylation is 2. The Bertz CT molecular complexity index is 1610. The van der Waals surface area contributed by atoms with E-state index in [0.29, 0.717) is 18.1 Å². The molecule has 0 aliphatic heterocycles. The molecule has 0 unspecified atom stereocenters. The van der Waals surface area contributed by atoms with Gasteiger partial charge in [0.05, 0.1) is 35.9 Å². The van der Waals surface area contributed by atoms with Crippen molar-refractivity contribution in [3.63, 3.8) is 0 Å². The Balaban J connectivity index is 0.000000366. The topological polar surface area (TPSA) is 150 Å². The van der Waals surface area contributed by atoms with Gasteiger partial charge >= 0.3 is 0 Å². The lowest BCUT2D eigenvalue weighted by atomic mass is 10.1. The Morgan fingerprint density at radius 1 is 0.587 bits per heavy atom. The van der Waals surface area contributed by atoms with Crippen molar-refractivity contribution >= 4 is 30.4 Å². The molecule has 13 heteroatoms. The average molecular weight is 701 g/mol. The summed E-state index contributed by atoms with van der Waals surface area (Å²) in [6.45, 7) is 11.9. The van der Waals surface area contributed by atoms with Crippen LogP contribution in [-0.2, 0) is 42.9 Å². The molecule has 3 aromatic rings. The zero-order valence-electron chi connectivity index (χ0n) is 27.6. The summed E-state index contributed by atoms with van der Waals surface area (Å²) in [4.78, 5) is 0.310. The Morgan fingerprint density at radius 2 is 0.957 bits per heavy atom. The van der Waals surface area contributed by atoms with Crippen molar-refractivity contribution < 1.29 is 42.9 Å². The van der Waals surface area contributed by atoms with Crippen molar-refractivity contribution in [2.24, 2.45) is 11.8 Å². The highest BCUT2D eigenvalue weighted by molar-refractivity contribution is 7.87. The molecule has 3 aromatic carbocycles. The van der Waals surface area contributed by atoms with E-state index in [1.807, 2.05) is 47.6 Å². The first-order valence-electron chi connectivity index (χ1n) is 14.9. The third kappa shape index (κ3) is 16.8. The van der Waals surface area contributed by atoms with E-state index >= 15 is 0 Å². The second-order valence-corrected chi connectivity index (χ2v) is 15.9. The van der Waals surface area contributed by atoms with Gasteiger partial charge in [0.1, 0.15) is 6.10 Å². The van der Waals surface area contributed by atoms with Gasteiger partial charge in [-0.05, 0) is 55.5 Å². The molecule has 10 nitrogen and oxygen atoms in total. The van der Waals surface area contributed by atoms with Crippen molar-refractivity contribution in [1.82, 2.24) is 0 Å². The molecule has 0 bridgehead atoms. The SMILES string of the molecule is CC[C@H](C)COS(=O)(=O)c1ccc(C)cc1.CC[C@H](C)COS(C)(=O)=O.Cc1ccc(S(=O)(=O)OC[C@@H](O)c2ccccc2)cc1. The van der Waals surface area contributed by atoms with Crippen LogP contribution in [0.15, 0.2) is 88.7 Å². The van der Waals surface area contributed by atoms with Gasteiger partial charge in [-0.15, -0.1) is 0 Å². The van der Waals surface area contributed by atoms with Crippen molar-refractivity contribution in [2.75, 3.05) is 26.1 Å². The first kappa shape index (κ1) is 41.4. The molecule has 0 aliphatic rings. The van der Waals surface area contributed by atoms with Crippen molar-refractivity contribution in [2.45, 2.75) is 70.3 Å². The predicted molar refractivity (Wildman–Crippen MR) is 180 cm³/mol. The fraction of sp³-hybridized carbons (Fsp3) is 0.455. The molecule has 3 rings (SSSR count). The Labute approximate surface area is 276 Å². The Kier molecular flexibility index (Phi) is 17.9. The minimum atomic E-state index is -3.84. The van der Waals surface area contributed by atoms with Crippen LogP contribution in [0.4, 0.5) is 0 Å². The van der Waals surface area contributed by atoms with Gasteiger partial charge in [-0.1, -0.05) is 106 Å². The van der Waals surface area contributed by atoms with E-state index in [1.165, 1.54) is 12.1 Å². The minimum Gasteiger partial charge on any atom is -0.386 e. The van der Waals surface area contributed by atoms with E-state index in [1.54, 1.807) is 60.7 Å². The largest absolute Gasteiger partial charge is 0.386 e. The molecular formula is C33H48O10S3. The summed E-state index contributed by atoms with van der Waals surface area (Å²) in [6.07, 6.45) is 1.94. The maximum absolute atomic E-state index is 11.9. The Hall–Kier alpha value is -2.65. The number of aliphatic hydroxyl groups excluding tert-OH is 1. The van der Waals surface area contributed by atoms with E-state index in [4.69, 9.17) is 8.37 Å². The van der Waals surface area contributed by atoms with Crippen molar-refractivity contribution in [1.29, 1.82) is 0 Å². The summed E-state index contributed by atoms with van der Waals surface area (Å²) in [5, 5.41) is 9.89. The smallest absolute Gasteiger partial charge is 0.297 e. The number of rotatable bonds is 14. The highest BCUT2D eigenvalue weighted by Crippen LogP contribution is 2.18. The maximum atomic E-state index is 11.9. The lowest BCUT2D eigenvalue weighted by molar-refractivity contribution is 0.111. The van der Waals surface area contributed by atoms with Gasteiger partial charge < -0.3 is 5.11 Å². The van der Waals surface area contributed by atoms with Crippen molar-refractivity contribution in [3.8, 4) is 0 Å². The molecule has 0 radical (unpaired) electrons. The van der Waals surface area contributed by atoms with Crippen LogP contribution in [0.3, 0.4) is 0 Å². The molecule has 0 spiro atoms. The first-order valence-corrected chi connectivity index (χ1v) is 19.5. The molecule has 0 aromatic heterocycles. The predicted octanol–water partition coefficient (Wildman–Crippen LogP) is 6.19. The van der Waals surface area contributed by atoms with Gasteiger partial charge in [0.25, 0.3) is 30.4 Å². The maximum Gasteiger partial charge on any atom is 0.297 e. The molecule has 0 saturated heterocycles. The van der Waals surface area contributed by atoms with E-state index in [2.05, 4.69) is 4.18 Å². The molecule has 0 amide bonds. The molecular weight excluding hydrogens is 653 g/mol. The fourth-order valence-corrected chi connectivity index (χ4v) is 5.56. The third-order valence-electron chi connectivity index (χ3n) is 6.65. The van der Waals surface area contributed by atoms with E-state index in [-0.39, 0.29) is 28.9 Å². The van der Waals surface area contributed by atoms with Crippen LogP contribution in [0.1, 0.15) is 63.3 Å². The molecule has 0 fully saturated rings. The lowest BCUT2D eigenvalue weighted by Gasteiger charge is -2.11. The summed E-state index contributed by atoms with van der Waals surface area (Å²) >= 11 is 0. The van der Waals surface area contributed by atoms with Crippen LogP contribution in [0, 0.1) is 25.7 Å². The number of benzene rings is 3. The van der Waals surface area contributed by atoms with Gasteiger partial charge in [0.15, 0.2) is 0 Å². The first-order chi connectivity index (χ1) is 21.4. The van der Waals surface area contributed by atoms with Crippen LogP contribution < -0.4 is 0 Å². The van der Waals surface area contributed by atoms with Gasteiger partial charge in [-0.25, -0.2) is 0 Å². The van der Waals surface area contributed by atoms with Crippen LogP contribution in [0.5, 0.6) is 0 Å². The summed E-state index contributed by atoms with van der Waals surface area (Å²) in [7, 11) is -10.7. The van der Waals surface area contributed by atoms with E-state index in [0.717, 1.165) is 30.2 Å². The molecule has 3 atom stereocenters. The Morgan fingerprint density at radius 3 is 1.33 bits per heavy atom. The van der Waals surface area contributed by atoms with Crippen LogP contribution in [0.2, 0.25) is 0 Å². The van der Waals surface area contributed by atoms with E-state index in [9.17, 15) is 30.4 Å². The molecule has 0 aliphatic carbocycles. The van der Waals surface area contributed by atoms with Crippen LogP contribution in [0.25, 0.3) is 0 Å². The van der Waals surface area contributed by atoms with Crippen LogP contribution >= 0.6 is 0 Å². The highest BCUT2D eigenvalue weighted by Gasteiger charge is 2.18. The second-order valence-electron chi connectivity index (χ2n) is 11.0. The number of hydrogen-bond acceptors (Lipinski definition) is 10. The summed E-state index contributed by atoms with van der Waals surface area (Å²) in [5.74, 6) is 0.565. The molecule has 258 valence electrons. The number of hydrogen-bond donors (Lipinski definition) is 1. The summed E-state index contributed by atoms with van der Waals surface area (Å²) in [5.41, 5.74) is 2.61. The molecule has 0 heterocycles. The average Bonchev–Trinajstić information content (AvgIpc) is 3.02. The standard InChI is InChI=1S/C15H16O4S.C12H18O3S.C6H14O3S/c1-12-7-9-14(10-8-12)20(17,18)19-11-15(16)13-5-3-2-4-6-13;1-4-10(2)9-15-16(13,14)12-7-5-11(3)6-8-12;1-4-6(2)5-9-10(3,7)8/h2-10,15-16H,11H2,1H3;5-8,10H,4,9H2,1-3H3;6H,4-5H2,1-3H3/t15-;10-;6-/m100/s1. The van der Waals surface area contributed by atoms with Crippen LogP contribution in [-0.4, -0.2) is 56.4 Å². The lowest BCUT2D eigenvalue weighted by Crippen LogP contribution is -2.13. The molecule has 0 saturated carbocycles. The van der Waals surface area contributed by atoms with Gasteiger partial charge in [0, 0.05) is 0 Å². The van der Waals surface area contributed by atoms with Gasteiger partial charge in [0.2, 0.25) is 0 Å². The zero-order chi connectivity index (χ0) is 35.0. The molecule has 1 N–H and O–H groups in total. The quantitative estimate of drug-likeness (QED) is 0.193.